The average molecular weight is 313 g/mol. The van der Waals surface area contributed by atoms with E-state index in [-0.39, 0.29) is 18.4 Å². The number of hydrogen-bond acceptors (Lipinski definition) is 3. The summed E-state index contributed by atoms with van der Waals surface area (Å²) in [6.07, 6.45) is 7.28. The molecule has 2 N–H and O–H groups in total. The molecule has 1 aromatic carbocycles. The Hall–Kier alpha value is -2.14. The molecule has 1 amide bonds. The molecule has 1 aliphatic rings. The number of aliphatic hydroxyl groups is 1. The Bertz CT molecular complexity index is 661. The highest BCUT2D eigenvalue weighted by atomic mass is 16.3. The molecule has 0 aliphatic heterocycles. The second kappa shape index (κ2) is 6.54. The number of rotatable bonds is 5. The molecule has 1 saturated carbocycles. The highest BCUT2D eigenvalue weighted by Gasteiger charge is 2.33. The van der Waals surface area contributed by atoms with Gasteiger partial charge in [0.1, 0.15) is 0 Å². The maximum absolute atomic E-state index is 12.2. The fourth-order valence-electron chi connectivity index (χ4n) is 3.24. The van der Waals surface area contributed by atoms with Crippen LogP contribution in [0.25, 0.3) is 5.69 Å². The van der Waals surface area contributed by atoms with Crippen LogP contribution in [0.15, 0.2) is 42.7 Å². The van der Waals surface area contributed by atoms with E-state index in [9.17, 15) is 9.90 Å². The van der Waals surface area contributed by atoms with Gasteiger partial charge in [0.05, 0.1) is 23.8 Å². The van der Waals surface area contributed by atoms with Gasteiger partial charge < -0.3 is 10.4 Å². The number of hydrogen-bond donors (Lipinski definition) is 2. The van der Waals surface area contributed by atoms with E-state index >= 15 is 0 Å². The summed E-state index contributed by atoms with van der Waals surface area (Å²) in [7, 11) is 0. The third kappa shape index (κ3) is 3.79. The quantitative estimate of drug-likeness (QED) is 0.892. The van der Waals surface area contributed by atoms with Crippen LogP contribution in [0.4, 0.5) is 0 Å². The topological polar surface area (TPSA) is 67.2 Å². The fourth-order valence-corrected chi connectivity index (χ4v) is 3.24. The maximum atomic E-state index is 12.2. The first-order valence-corrected chi connectivity index (χ1v) is 8.17. The lowest BCUT2D eigenvalue weighted by atomic mass is 9.97. The molecule has 1 aliphatic carbocycles. The Morgan fingerprint density at radius 2 is 2.17 bits per heavy atom. The molecule has 1 atom stereocenters. The van der Waals surface area contributed by atoms with Crippen LogP contribution in [-0.2, 0) is 4.79 Å². The first-order chi connectivity index (χ1) is 11.1. The van der Waals surface area contributed by atoms with Crippen molar-refractivity contribution in [1.82, 2.24) is 15.1 Å². The maximum Gasteiger partial charge on any atom is 0.223 e. The summed E-state index contributed by atoms with van der Waals surface area (Å²) in [5.74, 6) is -0.0913. The first-order valence-electron chi connectivity index (χ1n) is 8.17. The Morgan fingerprint density at radius 3 is 2.87 bits per heavy atom. The van der Waals surface area contributed by atoms with Gasteiger partial charge in [-0.25, -0.2) is 4.68 Å². The van der Waals surface area contributed by atoms with Crippen molar-refractivity contribution in [3.8, 4) is 5.69 Å². The smallest absolute Gasteiger partial charge is 0.223 e. The summed E-state index contributed by atoms with van der Waals surface area (Å²) in [5, 5.41) is 17.6. The number of aromatic nitrogens is 2. The standard InChI is InChI=1S/C18H23N3O2/c1-14(20-17(22)13-18(23)8-2-3-9-18)15-6-4-7-16(12-15)21-11-5-10-19-21/h4-7,10-12,14,23H,2-3,8-9,13H2,1H3,(H,20,22). The van der Waals surface area contributed by atoms with Gasteiger partial charge in [0.15, 0.2) is 0 Å². The van der Waals surface area contributed by atoms with Gasteiger partial charge in [0, 0.05) is 12.4 Å². The third-order valence-corrected chi connectivity index (χ3v) is 4.54. The molecule has 1 fully saturated rings. The number of nitrogens with one attached hydrogen (secondary N) is 1. The fraction of sp³-hybridized carbons (Fsp3) is 0.444. The molecule has 23 heavy (non-hydrogen) atoms. The molecule has 0 spiro atoms. The Morgan fingerprint density at radius 1 is 1.39 bits per heavy atom. The highest BCUT2D eigenvalue weighted by Crippen LogP contribution is 2.32. The molecule has 5 nitrogen and oxygen atoms in total. The molecule has 1 aromatic heterocycles. The molecule has 122 valence electrons. The van der Waals surface area contributed by atoms with Crippen LogP contribution >= 0.6 is 0 Å². The van der Waals surface area contributed by atoms with Crippen molar-refractivity contribution < 1.29 is 9.90 Å². The second-order valence-corrected chi connectivity index (χ2v) is 6.44. The van der Waals surface area contributed by atoms with E-state index in [1.54, 1.807) is 10.9 Å². The minimum atomic E-state index is -0.805. The van der Waals surface area contributed by atoms with Gasteiger partial charge >= 0.3 is 0 Å². The molecular formula is C18H23N3O2. The summed E-state index contributed by atoms with van der Waals surface area (Å²) < 4.78 is 1.79. The van der Waals surface area contributed by atoms with Crippen LogP contribution in [-0.4, -0.2) is 26.4 Å². The third-order valence-electron chi connectivity index (χ3n) is 4.54. The van der Waals surface area contributed by atoms with Crippen LogP contribution in [0, 0.1) is 0 Å². The Kier molecular flexibility index (Phi) is 4.48. The minimum absolute atomic E-state index is 0.0913. The minimum Gasteiger partial charge on any atom is -0.389 e. The average Bonchev–Trinajstić information content (AvgIpc) is 3.19. The van der Waals surface area contributed by atoms with Gasteiger partial charge in [-0.2, -0.15) is 5.10 Å². The lowest BCUT2D eigenvalue weighted by Gasteiger charge is -2.23. The normalized spacial score (nSPS) is 17.8. The lowest BCUT2D eigenvalue weighted by Crippen LogP contribution is -2.35. The van der Waals surface area contributed by atoms with Crippen molar-refractivity contribution in [2.24, 2.45) is 0 Å². The van der Waals surface area contributed by atoms with Crippen LogP contribution in [0.3, 0.4) is 0 Å². The number of carbonyl (C=O) groups is 1. The predicted molar refractivity (Wildman–Crippen MR) is 88.2 cm³/mol. The van der Waals surface area contributed by atoms with Crippen molar-refractivity contribution in [3.05, 3.63) is 48.3 Å². The number of carbonyl (C=O) groups excluding carboxylic acids is 1. The van der Waals surface area contributed by atoms with Gasteiger partial charge in [0.25, 0.3) is 0 Å². The van der Waals surface area contributed by atoms with Crippen LogP contribution in [0.1, 0.15) is 50.6 Å². The van der Waals surface area contributed by atoms with Crippen LogP contribution in [0.5, 0.6) is 0 Å². The molecule has 5 heteroatoms. The van der Waals surface area contributed by atoms with E-state index < -0.39 is 5.60 Å². The SMILES string of the molecule is CC(NC(=O)CC1(O)CCCC1)c1cccc(-n2cccn2)c1. The van der Waals surface area contributed by atoms with Crippen LogP contribution in [0.2, 0.25) is 0 Å². The van der Waals surface area contributed by atoms with Gasteiger partial charge in [0.2, 0.25) is 5.91 Å². The van der Waals surface area contributed by atoms with E-state index in [0.717, 1.165) is 36.9 Å². The van der Waals surface area contributed by atoms with Gasteiger partial charge in [-0.15, -0.1) is 0 Å². The molecule has 0 radical (unpaired) electrons. The summed E-state index contributed by atoms with van der Waals surface area (Å²) in [5.41, 5.74) is 1.17. The predicted octanol–water partition coefficient (Wildman–Crippen LogP) is 2.74. The van der Waals surface area contributed by atoms with Gasteiger partial charge in [-0.05, 0) is 43.5 Å². The molecule has 0 saturated heterocycles. The summed E-state index contributed by atoms with van der Waals surface area (Å²) >= 11 is 0. The van der Waals surface area contributed by atoms with Crippen molar-refractivity contribution >= 4 is 5.91 Å². The summed E-state index contributed by atoms with van der Waals surface area (Å²) in [6.45, 7) is 1.96. The van der Waals surface area contributed by atoms with Crippen LogP contribution < -0.4 is 5.32 Å². The van der Waals surface area contributed by atoms with E-state index in [1.165, 1.54) is 0 Å². The van der Waals surface area contributed by atoms with Crippen molar-refractivity contribution in [1.29, 1.82) is 0 Å². The van der Waals surface area contributed by atoms with Crippen molar-refractivity contribution in [2.45, 2.75) is 50.7 Å². The molecule has 2 aromatic rings. The van der Waals surface area contributed by atoms with Gasteiger partial charge in [-0.3, -0.25) is 4.79 Å². The molecule has 0 bridgehead atoms. The molecule has 3 rings (SSSR count). The van der Waals surface area contributed by atoms with E-state index in [4.69, 9.17) is 0 Å². The Labute approximate surface area is 136 Å². The van der Waals surface area contributed by atoms with E-state index in [0.29, 0.717) is 0 Å². The first kappa shape index (κ1) is 15.7. The zero-order valence-electron chi connectivity index (χ0n) is 13.4. The molecule has 1 heterocycles. The summed E-state index contributed by atoms with van der Waals surface area (Å²) in [4.78, 5) is 12.2. The lowest BCUT2D eigenvalue weighted by molar-refractivity contribution is -0.126. The van der Waals surface area contributed by atoms with Crippen molar-refractivity contribution in [3.63, 3.8) is 0 Å². The van der Waals surface area contributed by atoms with Crippen molar-refractivity contribution in [2.75, 3.05) is 0 Å². The van der Waals surface area contributed by atoms with Gasteiger partial charge in [-0.1, -0.05) is 25.0 Å². The molecular weight excluding hydrogens is 290 g/mol. The summed E-state index contributed by atoms with van der Waals surface area (Å²) in [6, 6.07) is 9.71. The Balaban J connectivity index is 1.65. The number of benzene rings is 1. The zero-order valence-corrected chi connectivity index (χ0v) is 13.4. The second-order valence-electron chi connectivity index (χ2n) is 6.44. The zero-order chi connectivity index (χ0) is 16.3. The highest BCUT2D eigenvalue weighted by molar-refractivity contribution is 5.77. The van der Waals surface area contributed by atoms with E-state index in [1.807, 2.05) is 43.5 Å². The number of nitrogens with zero attached hydrogens (tertiary/aromatic N) is 2. The molecule has 1 unspecified atom stereocenters. The monoisotopic (exact) mass is 313 g/mol. The van der Waals surface area contributed by atoms with E-state index in [2.05, 4.69) is 10.4 Å². The largest absolute Gasteiger partial charge is 0.389 e. The number of amides is 1.